The molecule has 4 heterocycles. The second-order valence-electron chi connectivity index (χ2n) is 10.6. The van der Waals surface area contributed by atoms with Crippen LogP contribution in [0.4, 0.5) is 5.95 Å². The van der Waals surface area contributed by atoms with Gasteiger partial charge in [-0.15, -0.1) is 0 Å². The van der Waals surface area contributed by atoms with Gasteiger partial charge >= 0.3 is 0 Å². The molecular formula is C28H27IN6O. The summed E-state index contributed by atoms with van der Waals surface area (Å²) in [6, 6.07) is 16.4. The number of nitrogens with zero attached hydrogens (tertiary/aromatic N) is 6. The second kappa shape index (κ2) is 9.06. The van der Waals surface area contributed by atoms with Crippen LogP contribution in [-0.4, -0.2) is 31.0 Å². The van der Waals surface area contributed by atoms with Gasteiger partial charge in [-0.2, -0.15) is 0 Å². The molecule has 0 fully saturated rings. The molecule has 1 atom stereocenters. The minimum Gasteiger partial charge on any atom is -0.284 e. The van der Waals surface area contributed by atoms with E-state index in [4.69, 9.17) is 9.97 Å². The summed E-state index contributed by atoms with van der Waals surface area (Å²) in [6.45, 7) is 5.86. The summed E-state index contributed by atoms with van der Waals surface area (Å²) in [7, 11) is 0. The predicted octanol–water partition coefficient (Wildman–Crippen LogP) is 4.92. The third kappa shape index (κ3) is 4.31. The third-order valence-corrected chi connectivity index (χ3v) is 7.83. The molecule has 0 N–H and O–H groups in total. The van der Waals surface area contributed by atoms with Crippen LogP contribution < -0.4 is 8.67 Å². The molecule has 1 aliphatic heterocycles. The zero-order valence-corrected chi connectivity index (χ0v) is 22.5. The molecule has 2 aliphatic rings. The minimum absolute atomic E-state index is 0.0191. The average molecular weight is 590 g/mol. The summed E-state index contributed by atoms with van der Waals surface area (Å²) < 4.78 is 3.90. The van der Waals surface area contributed by atoms with E-state index in [1.54, 1.807) is 6.20 Å². The Hall–Kier alpha value is -3.14. The fraction of sp³-hybridized carbons (Fsp3) is 0.321. The van der Waals surface area contributed by atoms with Crippen molar-refractivity contribution in [3.05, 3.63) is 88.2 Å². The predicted molar refractivity (Wildman–Crippen MR) is 149 cm³/mol. The molecule has 4 aromatic rings. The van der Waals surface area contributed by atoms with Crippen molar-refractivity contribution >= 4 is 28.8 Å². The van der Waals surface area contributed by atoms with Crippen molar-refractivity contribution in [3.63, 3.8) is 0 Å². The van der Waals surface area contributed by atoms with Crippen molar-refractivity contribution in [3.8, 4) is 22.6 Å². The van der Waals surface area contributed by atoms with Crippen LogP contribution in [0.3, 0.4) is 0 Å². The average Bonchev–Trinajstić information content (AvgIpc) is 3.28. The molecule has 3 aromatic heterocycles. The molecule has 1 aromatic carbocycles. The molecule has 0 spiro atoms. The number of fused-ring (bicyclic) bond motifs is 2. The fourth-order valence-electron chi connectivity index (χ4n) is 5.41. The lowest BCUT2D eigenvalue weighted by Crippen LogP contribution is -2.44. The van der Waals surface area contributed by atoms with Crippen molar-refractivity contribution < 1.29 is 0 Å². The summed E-state index contributed by atoms with van der Waals surface area (Å²) in [6.07, 6.45) is 5.62. The van der Waals surface area contributed by atoms with E-state index in [0.717, 1.165) is 41.9 Å². The molecule has 6 rings (SSSR count). The van der Waals surface area contributed by atoms with Gasteiger partial charge in [0.25, 0.3) is 5.56 Å². The van der Waals surface area contributed by atoms with E-state index in [-0.39, 0.29) is 11.0 Å². The topological polar surface area (TPSA) is 76.8 Å². The first-order valence-corrected chi connectivity index (χ1v) is 13.2. The molecule has 1 unspecified atom stereocenters. The van der Waals surface area contributed by atoms with Crippen LogP contribution >= 0.6 is 22.9 Å². The molecule has 0 amide bonds. The highest BCUT2D eigenvalue weighted by Gasteiger charge is 2.34. The molecule has 0 saturated carbocycles. The van der Waals surface area contributed by atoms with Crippen LogP contribution in [0, 0.1) is 11.3 Å². The van der Waals surface area contributed by atoms with E-state index in [2.05, 4.69) is 74.1 Å². The Kier molecular flexibility index (Phi) is 5.86. The minimum atomic E-state index is -0.0191. The maximum atomic E-state index is 14.0. The molecule has 0 saturated heterocycles. The Bertz CT molecular complexity index is 1490. The lowest BCUT2D eigenvalue weighted by atomic mass is 9.91. The number of hydrogen-bond donors (Lipinski definition) is 0. The van der Waals surface area contributed by atoms with Crippen LogP contribution in [0.2, 0.25) is 0 Å². The van der Waals surface area contributed by atoms with E-state index >= 15 is 0 Å². The smallest absolute Gasteiger partial charge is 0.258 e. The summed E-state index contributed by atoms with van der Waals surface area (Å²) >= 11 is 2.27. The number of aromatic nitrogens is 5. The van der Waals surface area contributed by atoms with Gasteiger partial charge in [0.05, 0.1) is 34.3 Å². The zero-order valence-electron chi connectivity index (χ0n) is 20.4. The normalized spacial score (nSPS) is 18.1. The Labute approximate surface area is 224 Å². The lowest BCUT2D eigenvalue weighted by molar-refractivity contribution is 0.293. The van der Waals surface area contributed by atoms with Gasteiger partial charge in [-0.05, 0) is 42.9 Å². The van der Waals surface area contributed by atoms with Crippen molar-refractivity contribution in [2.75, 3.05) is 9.66 Å². The molecule has 36 heavy (non-hydrogen) atoms. The van der Waals surface area contributed by atoms with Crippen LogP contribution in [0.25, 0.3) is 22.6 Å². The number of hydrogen-bond acceptors (Lipinski definition) is 6. The first kappa shape index (κ1) is 23.3. The highest BCUT2D eigenvalue weighted by atomic mass is 127. The third-order valence-electron chi connectivity index (χ3n) is 7.06. The van der Waals surface area contributed by atoms with Gasteiger partial charge in [-0.3, -0.25) is 17.5 Å². The van der Waals surface area contributed by atoms with Gasteiger partial charge in [-0.25, -0.2) is 15.0 Å². The van der Waals surface area contributed by atoms with E-state index in [1.807, 2.05) is 28.8 Å². The monoisotopic (exact) mass is 590 g/mol. The highest BCUT2D eigenvalue weighted by molar-refractivity contribution is 14.1. The number of rotatable bonds is 4. The maximum Gasteiger partial charge on any atom is 0.258 e. The number of pyridine rings is 1. The molecule has 1 aliphatic carbocycles. The van der Waals surface area contributed by atoms with Crippen LogP contribution in [0.1, 0.15) is 30.7 Å². The number of anilines is 1. The number of benzene rings is 1. The summed E-state index contributed by atoms with van der Waals surface area (Å²) in [5.74, 6) is 0.987. The van der Waals surface area contributed by atoms with Crippen LogP contribution in [0.5, 0.6) is 0 Å². The summed E-state index contributed by atoms with van der Waals surface area (Å²) in [5.41, 5.74) is 6.64. The zero-order chi connectivity index (χ0) is 24.9. The Morgan fingerprint density at radius 2 is 1.83 bits per heavy atom. The molecule has 182 valence electrons. The molecule has 0 radical (unpaired) electrons. The standard InChI is InChI=1S/C28H27IN6O/c1-28(2)15-34-26(36)21(25(23-10-11-30-17-31-23)33-27(34)35(29)16-28)13-18-12-20-8-9-22(32-24(20)14-18)19-6-4-3-5-7-19/h3-11,17-18H,12-16H2,1-2H3. The van der Waals surface area contributed by atoms with E-state index in [1.165, 1.54) is 11.9 Å². The Morgan fingerprint density at radius 3 is 2.61 bits per heavy atom. The number of halogens is 1. The van der Waals surface area contributed by atoms with Gasteiger partial charge < -0.3 is 0 Å². The molecular weight excluding hydrogens is 563 g/mol. The first-order valence-electron chi connectivity index (χ1n) is 12.3. The van der Waals surface area contributed by atoms with Crippen molar-refractivity contribution in [2.24, 2.45) is 11.3 Å². The fourth-order valence-corrected chi connectivity index (χ4v) is 6.71. The van der Waals surface area contributed by atoms with Crippen molar-refractivity contribution in [1.82, 2.24) is 24.5 Å². The van der Waals surface area contributed by atoms with E-state index in [9.17, 15) is 4.79 Å². The van der Waals surface area contributed by atoms with Gasteiger partial charge in [0.2, 0.25) is 5.95 Å². The van der Waals surface area contributed by atoms with Crippen molar-refractivity contribution in [2.45, 2.75) is 39.7 Å². The largest absolute Gasteiger partial charge is 0.284 e. The molecule has 8 heteroatoms. The van der Waals surface area contributed by atoms with Gasteiger partial charge in [0, 0.05) is 41.5 Å². The molecule has 0 bridgehead atoms. The summed E-state index contributed by atoms with van der Waals surface area (Å²) in [4.78, 5) is 32.5. The van der Waals surface area contributed by atoms with Crippen LogP contribution in [0.15, 0.2) is 65.8 Å². The Balaban J connectivity index is 1.37. The molecule has 7 nitrogen and oxygen atoms in total. The SMILES string of the molecule is CC1(C)CN(I)c2nc(-c3ccncn3)c(CC3Cc4ccc(-c5ccccc5)nc4C3)c(=O)n2C1. The maximum absolute atomic E-state index is 14.0. The second-order valence-corrected chi connectivity index (χ2v) is 11.7. The van der Waals surface area contributed by atoms with Gasteiger partial charge in [-0.1, -0.05) is 50.2 Å². The Morgan fingerprint density at radius 1 is 1.00 bits per heavy atom. The van der Waals surface area contributed by atoms with Gasteiger partial charge in [0.15, 0.2) is 0 Å². The van der Waals surface area contributed by atoms with E-state index in [0.29, 0.717) is 36.2 Å². The van der Waals surface area contributed by atoms with Gasteiger partial charge in [0.1, 0.15) is 12.0 Å². The first-order chi connectivity index (χ1) is 17.4. The van der Waals surface area contributed by atoms with E-state index < -0.39 is 0 Å². The quantitative estimate of drug-likeness (QED) is 0.248. The van der Waals surface area contributed by atoms with Crippen molar-refractivity contribution in [1.29, 1.82) is 0 Å². The highest BCUT2D eigenvalue weighted by Crippen LogP contribution is 2.35. The van der Waals surface area contributed by atoms with Crippen LogP contribution in [-0.2, 0) is 25.8 Å². The lowest BCUT2D eigenvalue weighted by Gasteiger charge is -2.37. The summed E-state index contributed by atoms with van der Waals surface area (Å²) in [5, 5.41) is 0.